The monoisotopic (exact) mass is 320 g/mol. The quantitative estimate of drug-likeness (QED) is 0.345. The normalized spacial score (nSPS) is 15.9. The molecule has 6 N–H and O–H groups in total. The molecule has 0 bridgehead atoms. The molecule has 0 aliphatic carbocycles. The standard InChI is InChI=1S/C12H21FN4O5/c1-5(14)9(18)15-6(2)10(19)17-8(4-13)11(20)16-7(3)12(21)22/h5-8H,4,14H2,1-3H3,(H,15,18)(H,16,20)(H,17,19)(H,21,22)/t5-,6-,7-,8-/m0/s1. The van der Waals surface area contributed by atoms with E-state index in [1.165, 1.54) is 20.8 Å². The van der Waals surface area contributed by atoms with Gasteiger partial charge in [-0.15, -0.1) is 0 Å². The summed E-state index contributed by atoms with van der Waals surface area (Å²) in [5.74, 6) is -3.65. The molecular weight excluding hydrogens is 299 g/mol. The molecule has 0 aromatic heterocycles. The van der Waals surface area contributed by atoms with Gasteiger partial charge < -0.3 is 26.8 Å². The third kappa shape index (κ3) is 6.48. The third-order valence-corrected chi connectivity index (χ3v) is 2.68. The van der Waals surface area contributed by atoms with Crippen molar-refractivity contribution in [3.8, 4) is 0 Å². The van der Waals surface area contributed by atoms with Crippen LogP contribution in [0.3, 0.4) is 0 Å². The fourth-order valence-electron chi connectivity index (χ4n) is 1.26. The Morgan fingerprint density at radius 3 is 1.86 bits per heavy atom. The molecule has 22 heavy (non-hydrogen) atoms. The molecule has 0 spiro atoms. The molecule has 0 aromatic rings. The van der Waals surface area contributed by atoms with Gasteiger partial charge in [-0.2, -0.15) is 0 Å². The van der Waals surface area contributed by atoms with Crippen LogP contribution in [0.25, 0.3) is 0 Å². The summed E-state index contributed by atoms with van der Waals surface area (Å²) in [6, 6.07) is -4.64. The zero-order valence-electron chi connectivity index (χ0n) is 12.6. The van der Waals surface area contributed by atoms with Gasteiger partial charge in [0.05, 0.1) is 6.04 Å². The number of carbonyl (C=O) groups excluding carboxylic acids is 3. The number of hydrogen-bond acceptors (Lipinski definition) is 5. The van der Waals surface area contributed by atoms with E-state index in [1.54, 1.807) is 0 Å². The molecule has 126 valence electrons. The van der Waals surface area contributed by atoms with Crippen molar-refractivity contribution in [3.05, 3.63) is 0 Å². The molecule has 0 radical (unpaired) electrons. The Morgan fingerprint density at radius 2 is 1.45 bits per heavy atom. The topological polar surface area (TPSA) is 151 Å². The van der Waals surface area contributed by atoms with E-state index in [9.17, 15) is 23.6 Å². The van der Waals surface area contributed by atoms with Crippen LogP contribution in [0.1, 0.15) is 20.8 Å². The van der Waals surface area contributed by atoms with Crippen molar-refractivity contribution in [1.29, 1.82) is 0 Å². The van der Waals surface area contributed by atoms with Crippen LogP contribution >= 0.6 is 0 Å². The summed E-state index contributed by atoms with van der Waals surface area (Å²) >= 11 is 0. The molecule has 0 heterocycles. The number of amides is 3. The molecule has 0 aromatic carbocycles. The summed E-state index contributed by atoms with van der Waals surface area (Å²) in [6.45, 7) is 2.73. The van der Waals surface area contributed by atoms with Gasteiger partial charge in [0, 0.05) is 0 Å². The van der Waals surface area contributed by atoms with Gasteiger partial charge >= 0.3 is 5.97 Å². The Balaban J connectivity index is 4.59. The second kappa shape index (κ2) is 8.93. The lowest BCUT2D eigenvalue weighted by atomic mass is 10.2. The van der Waals surface area contributed by atoms with Gasteiger partial charge in [0.25, 0.3) is 0 Å². The maximum Gasteiger partial charge on any atom is 0.325 e. The molecule has 0 fully saturated rings. The number of carboxylic acids is 1. The lowest BCUT2D eigenvalue weighted by Crippen LogP contribution is -2.56. The Hall–Kier alpha value is -2.23. The highest BCUT2D eigenvalue weighted by atomic mass is 19.1. The summed E-state index contributed by atoms with van der Waals surface area (Å²) in [4.78, 5) is 45.3. The Bertz CT molecular complexity index is 443. The van der Waals surface area contributed by atoms with Gasteiger partial charge in [0.1, 0.15) is 24.8 Å². The van der Waals surface area contributed by atoms with E-state index in [0.717, 1.165) is 0 Å². The fraction of sp³-hybridized carbons (Fsp3) is 0.667. The van der Waals surface area contributed by atoms with Crippen LogP contribution in [0, 0.1) is 0 Å². The number of carboxylic acid groups (broad SMARTS) is 1. The van der Waals surface area contributed by atoms with Gasteiger partial charge in [0.2, 0.25) is 17.7 Å². The average molecular weight is 320 g/mol. The zero-order valence-corrected chi connectivity index (χ0v) is 12.6. The van der Waals surface area contributed by atoms with Gasteiger partial charge in [-0.25, -0.2) is 4.39 Å². The first kappa shape index (κ1) is 19.8. The van der Waals surface area contributed by atoms with E-state index in [0.29, 0.717) is 0 Å². The van der Waals surface area contributed by atoms with Crippen molar-refractivity contribution in [2.45, 2.75) is 44.9 Å². The van der Waals surface area contributed by atoms with Crippen molar-refractivity contribution in [2.75, 3.05) is 6.67 Å². The van der Waals surface area contributed by atoms with Crippen LogP contribution in [0.5, 0.6) is 0 Å². The van der Waals surface area contributed by atoms with E-state index < -0.39 is 54.5 Å². The summed E-state index contributed by atoms with van der Waals surface area (Å²) in [5, 5.41) is 15.0. The second-order valence-electron chi connectivity index (χ2n) is 4.80. The number of aliphatic carboxylic acids is 1. The van der Waals surface area contributed by atoms with E-state index in [1.807, 2.05) is 5.32 Å². The molecule has 0 saturated heterocycles. The minimum Gasteiger partial charge on any atom is -0.480 e. The second-order valence-corrected chi connectivity index (χ2v) is 4.80. The maximum absolute atomic E-state index is 12.8. The van der Waals surface area contributed by atoms with Crippen LogP contribution < -0.4 is 21.7 Å². The van der Waals surface area contributed by atoms with Crippen LogP contribution in [0.2, 0.25) is 0 Å². The first-order valence-corrected chi connectivity index (χ1v) is 6.55. The molecule has 0 saturated carbocycles. The van der Waals surface area contributed by atoms with Crippen LogP contribution in [-0.2, 0) is 19.2 Å². The van der Waals surface area contributed by atoms with E-state index in [4.69, 9.17) is 10.8 Å². The van der Waals surface area contributed by atoms with Crippen molar-refractivity contribution >= 4 is 23.7 Å². The largest absolute Gasteiger partial charge is 0.480 e. The lowest BCUT2D eigenvalue weighted by molar-refractivity contribution is -0.141. The van der Waals surface area contributed by atoms with Crippen LogP contribution in [0.15, 0.2) is 0 Å². The van der Waals surface area contributed by atoms with Gasteiger partial charge in [-0.3, -0.25) is 19.2 Å². The summed E-state index contributed by atoms with van der Waals surface area (Å²) < 4.78 is 12.8. The van der Waals surface area contributed by atoms with Crippen LogP contribution in [0.4, 0.5) is 4.39 Å². The smallest absolute Gasteiger partial charge is 0.325 e. The minimum atomic E-state index is -1.55. The number of rotatable bonds is 8. The third-order valence-electron chi connectivity index (χ3n) is 2.68. The zero-order chi connectivity index (χ0) is 17.4. The highest BCUT2D eigenvalue weighted by Crippen LogP contribution is 1.93. The van der Waals surface area contributed by atoms with Crippen molar-refractivity contribution in [1.82, 2.24) is 16.0 Å². The van der Waals surface area contributed by atoms with Gasteiger partial charge in [0.15, 0.2) is 0 Å². The molecular formula is C12H21FN4O5. The Labute approximate surface area is 126 Å². The lowest BCUT2D eigenvalue weighted by Gasteiger charge is -2.20. The predicted octanol–water partition coefficient (Wildman–Crippen LogP) is -2.12. The SMILES string of the molecule is C[C@H](N)C(=O)N[C@@H](C)C(=O)N[C@@H](CF)C(=O)N[C@@H](C)C(=O)O. The summed E-state index contributed by atoms with van der Waals surface area (Å²) in [5.41, 5.74) is 5.32. The number of nitrogens with one attached hydrogen (secondary N) is 3. The number of hydrogen-bond donors (Lipinski definition) is 5. The average Bonchev–Trinajstić information content (AvgIpc) is 2.43. The number of halogens is 1. The molecule has 0 rings (SSSR count). The molecule has 10 heteroatoms. The highest BCUT2D eigenvalue weighted by Gasteiger charge is 2.26. The van der Waals surface area contributed by atoms with Crippen molar-refractivity contribution in [2.24, 2.45) is 5.73 Å². The number of carbonyl (C=O) groups is 4. The molecule has 3 amide bonds. The predicted molar refractivity (Wildman–Crippen MR) is 74.4 cm³/mol. The Kier molecular flexibility index (Phi) is 8.02. The number of nitrogens with two attached hydrogens (primary N) is 1. The molecule has 0 aliphatic rings. The fourth-order valence-corrected chi connectivity index (χ4v) is 1.26. The van der Waals surface area contributed by atoms with E-state index >= 15 is 0 Å². The Morgan fingerprint density at radius 1 is 0.955 bits per heavy atom. The minimum absolute atomic E-state index is 0.580. The van der Waals surface area contributed by atoms with Crippen molar-refractivity contribution < 1.29 is 28.7 Å². The summed E-state index contributed by atoms with van der Waals surface area (Å²) in [6.07, 6.45) is 0. The van der Waals surface area contributed by atoms with Gasteiger partial charge in [-0.1, -0.05) is 0 Å². The van der Waals surface area contributed by atoms with Crippen LogP contribution in [-0.4, -0.2) is 59.6 Å². The molecule has 4 atom stereocenters. The summed E-state index contributed by atoms with van der Waals surface area (Å²) in [7, 11) is 0. The molecule has 0 aliphatic heterocycles. The molecule has 0 unspecified atom stereocenters. The molecule has 9 nitrogen and oxygen atoms in total. The highest BCUT2D eigenvalue weighted by molar-refractivity contribution is 5.93. The van der Waals surface area contributed by atoms with Gasteiger partial charge in [-0.05, 0) is 20.8 Å². The van der Waals surface area contributed by atoms with E-state index in [-0.39, 0.29) is 0 Å². The number of alkyl halides is 1. The maximum atomic E-state index is 12.8. The van der Waals surface area contributed by atoms with E-state index in [2.05, 4.69) is 10.6 Å². The first-order valence-electron chi connectivity index (χ1n) is 6.55. The van der Waals surface area contributed by atoms with Crippen molar-refractivity contribution in [3.63, 3.8) is 0 Å². The first-order chi connectivity index (χ1) is 10.1.